The average molecular weight is 471 g/mol. The van der Waals surface area contributed by atoms with Crippen LogP contribution in [0.1, 0.15) is 24.5 Å². The zero-order valence-corrected chi connectivity index (χ0v) is 18.3. The van der Waals surface area contributed by atoms with Crippen LogP contribution < -0.4 is 4.74 Å². The summed E-state index contributed by atoms with van der Waals surface area (Å²) in [6.45, 7) is 1.02. The van der Waals surface area contributed by atoms with Crippen molar-refractivity contribution in [2.45, 2.75) is 43.4 Å². The number of halogens is 1. The van der Waals surface area contributed by atoms with Gasteiger partial charge in [-0.05, 0) is 54.1 Å². The second-order valence-electron chi connectivity index (χ2n) is 8.66. The highest BCUT2D eigenvalue weighted by Crippen LogP contribution is 2.42. The van der Waals surface area contributed by atoms with Crippen LogP contribution in [-0.2, 0) is 9.47 Å². The van der Waals surface area contributed by atoms with Gasteiger partial charge in [0.05, 0.1) is 5.69 Å². The van der Waals surface area contributed by atoms with Crippen LogP contribution in [0.25, 0.3) is 21.9 Å². The normalized spacial score (nSPS) is 25.6. The molecule has 0 radical (unpaired) electrons. The van der Waals surface area contributed by atoms with Gasteiger partial charge in [0.25, 0.3) is 0 Å². The summed E-state index contributed by atoms with van der Waals surface area (Å²) in [6.07, 6.45) is -3.69. The number of ether oxygens (including phenoxy) is 3. The Balaban J connectivity index is 1.61. The molecule has 5 rings (SSSR count). The Bertz CT molecular complexity index is 1170. The molecule has 2 aliphatic heterocycles. The molecule has 0 spiro atoms. The number of phenolic OH excluding ortho intramolecular Hbond substituents is 1. The zero-order valence-electron chi connectivity index (χ0n) is 18.3. The first-order valence-electron chi connectivity index (χ1n) is 11.2. The minimum atomic E-state index is -1.50. The summed E-state index contributed by atoms with van der Waals surface area (Å²) in [5.74, 6) is -0.0204. The number of rotatable bonds is 5. The molecular weight excluding hydrogens is 445 g/mol. The number of aliphatic hydroxyl groups excluding tert-OH is 3. The molecule has 3 heterocycles. The summed E-state index contributed by atoms with van der Waals surface area (Å²) in [5.41, 5.74) is 2.40. The fraction of sp³-hybridized carbons (Fsp3) is 0.400. The van der Waals surface area contributed by atoms with Gasteiger partial charge in [0.2, 0.25) is 5.88 Å². The third-order valence-corrected chi connectivity index (χ3v) is 6.44. The van der Waals surface area contributed by atoms with Crippen molar-refractivity contribution in [1.29, 1.82) is 0 Å². The molecule has 2 unspecified atom stereocenters. The van der Waals surface area contributed by atoms with Gasteiger partial charge in [0, 0.05) is 30.1 Å². The van der Waals surface area contributed by atoms with Crippen molar-refractivity contribution < 1.29 is 39.0 Å². The van der Waals surface area contributed by atoms with Crippen molar-refractivity contribution in [1.82, 2.24) is 4.98 Å². The monoisotopic (exact) mass is 471 g/mol. The molecule has 8 nitrogen and oxygen atoms in total. The van der Waals surface area contributed by atoms with E-state index in [1.54, 1.807) is 24.3 Å². The van der Waals surface area contributed by atoms with Gasteiger partial charge in [-0.15, -0.1) is 0 Å². The Morgan fingerprint density at radius 1 is 0.971 bits per heavy atom. The first-order chi connectivity index (χ1) is 16.4. The van der Waals surface area contributed by atoms with Gasteiger partial charge in [-0.1, -0.05) is 12.1 Å². The SMILES string of the molecule is Oc1ccc2c(-c3ccc(F)cc3)c(C3CCOCC3)nc(OCC3OC(O)[C@H](O)[C@@H]3O)c2c1. The third-order valence-electron chi connectivity index (χ3n) is 6.44. The zero-order chi connectivity index (χ0) is 23.8. The minimum absolute atomic E-state index is 0.0195. The average Bonchev–Trinajstić information content (AvgIpc) is 3.10. The predicted octanol–water partition coefficient (Wildman–Crippen LogP) is 2.46. The van der Waals surface area contributed by atoms with Crippen LogP contribution in [0.4, 0.5) is 4.39 Å². The van der Waals surface area contributed by atoms with Gasteiger partial charge in [0.1, 0.15) is 36.5 Å². The Labute approximate surface area is 195 Å². The second-order valence-corrected chi connectivity index (χ2v) is 8.66. The maximum absolute atomic E-state index is 13.7. The van der Waals surface area contributed by atoms with Crippen molar-refractivity contribution in [2.24, 2.45) is 0 Å². The number of pyridine rings is 1. The van der Waals surface area contributed by atoms with Gasteiger partial charge >= 0.3 is 0 Å². The molecule has 0 aliphatic carbocycles. The fourth-order valence-electron chi connectivity index (χ4n) is 4.61. The summed E-state index contributed by atoms with van der Waals surface area (Å²) in [5, 5.41) is 41.0. The van der Waals surface area contributed by atoms with Gasteiger partial charge in [-0.25, -0.2) is 9.37 Å². The van der Waals surface area contributed by atoms with E-state index in [9.17, 15) is 24.8 Å². The summed E-state index contributed by atoms with van der Waals surface area (Å²) in [6, 6.07) is 11.1. The molecule has 9 heteroatoms. The number of nitrogens with zero attached hydrogens (tertiary/aromatic N) is 1. The lowest BCUT2D eigenvalue weighted by molar-refractivity contribution is -0.131. The Morgan fingerprint density at radius 2 is 1.71 bits per heavy atom. The van der Waals surface area contributed by atoms with E-state index in [0.717, 1.165) is 35.0 Å². The van der Waals surface area contributed by atoms with Crippen molar-refractivity contribution in [2.75, 3.05) is 19.8 Å². The number of hydrogen-bond donors (Lipinski definition) is 4. The highest BCUT2D eigenvalue weighted by atomic mass is 19.1. The molecule has 4 atom stereocenters. The maximum atomic E-state index is 13.7. The number of phenols is 1. The van der Waals surface area contributed by atoms with Gasteiger partial charge in [0.15, 0.2) is 6.29 Å². The van der Waals surface area contributed by atoms with Crippen LogP contribution in [0.2, 0.25) is 0 Å². The molecule has 2 aromatic carbocycles. The van der Waals surface area contributed by atoms with E-state index in [0.29, 0.717) is 18.6 Å². The molecule has 1 aromatic heterocycles. The van der Waals surface area contributed by atoms with Gasteiger partial charge in [-0.3, -0.25) is 0 Å². The van der Waals surface area contributed by atoms with E-state index in [4.69, 9.17) is 19.2 Å². The number of fused-ring (bicyclic) bond motifs is 1. The second kappa shape index (κ2) is 9.44. The first-order valence-corrected chi connectivity index (χ1v) is 11.2. The number of hydrogen-bond acceptors (Lipinski definition) is 8. The van der Waals surface area contributed by atoms with E-state index in [1.165, 1.54) is 18.2 Å². The predicted molar refractivity (Wildman–Crippen MR) is 120 cm³/mol. The molecule has 3 aromatic rings. The molecule has 2 saturated heterocycles. The van der Waals surface area contributed by atoms with Crippen LogP contribution in [0, 0.1) is 5.82 Å². The Kier molecular flexibility index (Phi) is 6.37. The summed E-state index contributed by atoms with van der Waals surface area (Å²) >= 11 is 0. The van der Waals surface area contributed by atoms with Crippen LogP contribution in [0.15, 0.2) is 42.5 Å². The molecule has 0 bridgehead atoms. The molecule has 180 valence electrons. The van der Waals surface area contributed by atoms with E-state index in [2.05, 4.69) is 0 Å². The number of aromatic nitrogens is 1. The number of aliphatic hydroxyl groups is 3. The van der Waals surface area contributed by atoms with Gasteiger partial charge < -0.3 is 34.6 Å². The van der Waals surface area contributed by atoms with Gasteiger partial charge in [-0.2, -0.15) is 0 Å². The summed E-state index contributed by atoms with van der Waals surface area (Å²) in [7, 11) is 0. The van der Waals surface area contributed by atoms with Crippen molar-refractivity contribution in [3.63, 3.8) is 0 Å². The van der Waals surface area contributed by atoms with E-state index < -0.39 is 24.6 Å². The number of aromatic hydroxyl groups is 1. The van der Waals surface area contributed by atoms with Crippen molar-refractivity contribution in [3.05, 3.63) is 54.0 Å². The topological polar surface area (TPSA) is 122 Å². The molecule has 4 N–H and O–H groups in total. The maximum Gasteiger partial charge on any atom is 0.221 e. The fourth-order valence-corrected chi connectivity index (χ4v) is 4.61. The van der Waals surface area contributed by atoms with Crippen LogP contribution in [0.5, 0.6) is 11.6 Å². The standard InChI is InChI=1S/C25H26FNO7/c26-15-3-1-13(2-4-15)20-17-6-5-16(28)11-18(17)24(27-21(20)14-7-9-32-10-8-14)33-12-19-22(29)23(30)25(31)34-19/h1-6,11,14,19,22-23,25,28-31H,7-10,12H2/t19?,22-,23-,25?/m1/s1. The van der Waals surface area contributed by atoms with E-state index in [-0.39, 0.29) is 30.0 Å². The quantitative estimate of drug-likeness (QED) is 0.448. The van der Waals surface area contributed by atoms with E-state index in [1.807, 2.05) is 0 Å². The highest BCUT2D eigenvalue weighted by molar-refractivity contribution is 6.01. The Hall–Kier alpha value is -2.82. The van der Waals surface area contributed by atoms with Crippen LogP contribution >= 0.6 is 0 Å². The summed E-state index contributed by atoms with van der Waals surface area (Å²) < 4.78 is 30.3. The molecular formula is C25H26FNO7. The van der Waals surface area contributed by atoms with Crippen molar-refractivity contribution >= 4 is 10.8 Å². The molecule has 34 heavy (non-hydrogen) atoms. The lowest BCUT2D eigenvalue weighted by Crippen LogP contribution is -2.35. The smallest absolute Gasteiger partial charge is 0.221 e. The summed E-state index contributed by atoms with van der Waals surface area (Å²) in [4.78, 5) is 4.84. The molecule has 0 saturated carbocycles. The first kappa shape index (κ1) is 22.9. The molecule has 2 aliphatic rings. The lowest BCUT2D eigenvalue weighted by Gasteiger charge is -2.26. The van der Waals surface area contributed by atoms with Crippen LogP contribution in [0.3, 0.4) is 0 Å². The highest BCUT2D eigenvalue weighted by Gasteiger charge is 2.42. The molecule has 2 fully saturated rings. The van der Waals surface area contributed by atoms with Crippen molar-refractivity contribution in [3.8, 4) is 22.8 Å². The lowest BCUT2D eigenvalue weighted by atomic mass is 9.87. The van der Waals surface area contributed by atoms with Crippen LogP contribution in [-0.4, -0.2) is 69.8 Å². The molecule has 0 amide bonds. The third kappa shape index (κ3) is 4.33. The number of benzene rings is 2. The largest absolute Gasteiger partial charge is 0.508 e. The van der Waals surface area contributed by atoms with E-state index >= 15 is 0 Å². The Morgan fingerprint density at radius 3 is 2.38 bits per heavy atom. The minimum Gasteiger partial charge on any atom is -0.508 e.